The van der Waals surface area contributed by atoms with Crippen molar-refractivity contribution in [2.24, 2.45) is 0 Å². The molecule has 0 spiro atoms. The maximum Gasteiger partial charge on any atom is 0.233 e. The Morgan fingerprint density at radius 2 is 2.33 bits per heavy atom. The Hall–Kier alpha value is -2.41. The standard InChI is InChI=1S/C17H19N3O3S/c1-3-22-12-6-7-14-15(9-12)20-17(19-14)24-11(2)16(21)18-10-13-5-4-8-23-13/h4-9,11H,3,10H2,1-2H3,(H,18,21)(H,19,20)/t11-/m0/s1. The van der Waals surface area contributed by atoms with Gasteiger partial charge in [-0.15, -0.1) is 0 Å². The number of hydrogen-bond acceptors (Lipinski definition) is 5. The fourth-order valence-electron chi connectivity index (χ4n) is 2.23. The van der Waals surface area contributed by atoms with Crippen molar-refractivity contribution in [2.75, 3.05) is 6.61 Å². The van der Waals surface area contributed by atoms with Gasteiger partial charge in [0.25, 0.3) is 0 Å². The number of ether oxygens (including phenoxy) is 1. The lowest BCUT2D eigenvalue weighted by molar-refractivity contribution is -0.120. The molecule has 0 saturated heterocycles. The number of benzene rings is 1. The van der Waals surface area contributed by atoms with Gasteiger partial charge in [0.1, 0.15) is 11.5 Å². The quantitative estimate of drug-likeness (QED) is 0.642. The van der Waals surface area contributed by atoms with E-state index in [-0.39, 0.29) is 11.2 Å². The molecule has 0 bridgehead atoms. The largest absolute Gasteiger partial charge is 0.494 e. The first-order chi connectivity index (χ1) is 11.7. The van der Waals surface area contributed by atoms with Crippen LogP contribution in [0.3, 0.4) is 0 Å². The van der Waals surface area contributed by atoms with E-state index in [1.807, 2.05) is 38.1 Å². The number of carbonyl (C=O) groups is 1. The second-order valence-electron chi connectivity index (χ2n) is 5.21. The van der Waals surface area contributed by atoms with Crippen LogP contribution in [0.25, 0.3) is 11.0 Å². The van der Waals surface area contributed by atoms with Crippen molar-refractivity contribution in [3.05, 3.63) is 42.4 Å². The third kappa shape index (κ3) is 3.91. The number of amides is 1. The SMILES string of the molecule is CCOc1ccc2nc(S[C@@H](C)C(=O)NCc3ccco3)[nH]c2c1. The number of thioether (sulfide) groups is 1. The predicted molar refractivity (Wildman–Crippen MR) is 93.1 cm³/mol. The molecule has 6 nitrogen and oxygen atoms in total. The van der Waals surface area contributed by atoms with E-state index in [2.05, 4.69) is 15.3 Å². The summed E-state index contributed by atoms with van der Waals surface area (Å²) in [5.74, 6) is 1.47. The average molecular weight is 345 g/mol. The van der Waals surface area contributed by atoms with Crippen LogP contribution in [0.1, 0.15) is 19.6 Å². The topological polar surface area (TPSA) is 80.2 Å². The van der Waals surface area contributed by atoms with Crippen molar-refractivity contribution in [2.45, 2.75) is 30.8 Å². The van der Waals surface area contributed by atoms with Crippen LogP contribution in [0.2, 0.25) is 0 Å². The van der Waals surface area contributed by atoms with Gasteiger partial charge in [-0.1, -0.05) is 11.8 Å². The summed E-state index contributed by atoms with van der Waals surface area (Å²) in [4.78, 5) is 19.9. The molecule has 3 aromatic rings. The van der Waals surface area contributed by atoms with Crippen LogP contribution in [0.15, 0.2) is 46.2 Å². The van der Waals surface area contributed by atoms with Crippen LogP contribution >= 0.6 is 11.8 Å². The molecule has 2 aromatic heterocycles. The lowest BCUT2D eigenvalue weighted by Crippen LogP contribution is -2.30. The summed E-state index contributed by atoms with van der Waals surface area (Å²) in [5.41, 5.74) is 1.75. The van der Waals surface area contributed by atoms with Crippen molar-refractivity contribution in [3.8, 4) is 5.75 Å². The van der Waals surface area contributed by atoms with Crippen LogP contribution in [-0.4, -0.2) is 27.7 Å². The van der Waals surface area contributed by atoms with Gasteiger partial charge >= 0.3 is 0 Å². The van der Waals surface area contributed by atoms with Crippen LogP contribution in [-0.2, 0) is 11.3 Å². The highest BCUT2D eigenvalue weighted by molar-refractivity contribution is 8.00. The van der Waals surface area contributed by atoms with E-state index < -0.39 is 0 Å². The minimum Gasteiger partial charge on any atom is -0.494 e. The molecule has 0 saturated carbocycles. The molecule has 2 heterocycles. The number of hydrogen-bond donors (Lipinski definition) is 2. The van der Waals surface area contributed by atoms with Crippen LogP contribution in [0.5, 0.6) is 5.75 Å². The van der Waals surface area contributed by atoms with Crippen molar-refractivity contribution >= 4 is 28.7 Å². The first-order valence-corrected chi connectivity index (χ1v) is 8.63. The smallest absolute Gasteiger partial charge is 0.233 e. The molecule has 0 aliphatic carbocycles. The van der Waals surface area contributed by atoms with Crippen molar-refractivity contribution in [1.82, 2.24) is 15.3 Å². The van der Waals surface area contributed by atoms with Crippen LogP contribution < -0.4 is 10.1 Å². The number of carbonyl (C=O) groups excluding carboxylic acids is 1. The zero-order valence-electron chi connectivity index (χ0n) is 13.5. The minimum atomic E-state index is -0.271. The molecule has 0 aliphatic heterocycles. The molecule has 0 unspecified atom stereocenters. The van der Waals surface area contributed by atoms with Crippen molar-refractivity contribution in [1.29, 1.82) is 0 Å². The van der Waals surface area contributed by atoms with Crippen molar-refractivity contribution in [3.63, 3.8) is 0 Å². The Morgan fingerprint density at radius 3 is 3.08 bits per heavy atom. The minimum absolute atomic E-state index is 0.0631. The Kier molecular flexibility index (Phi) is 5.10. The Balaban J connectivity index is 1.61. The average Bonchev–Trinajstić information content (AvgIpc) is 3.21. The molecular formula is C17H19N3O3S. The van der Waals surface area contributed by atoms with Gasteiger partial charge in [-0.3, -0.25) is 4.79 Å². The number of H-pyrrole nitrogens is 1. The summed E-state index contributed by atoms with van der Waals surface area (Å²) in [7, 11) is 0. The summed E-state index contributed by atoms with van der Waals surface area (Å²) < 4.78 is 10.7. The molecule has 7 heteroatoms. The number of fused-ring (bicyclic) bond motifs is 1. The zero-order valence-corrected chi connectivity index (χ0v) is 14.4. The van der Waals surface area contributed by atoms with E-state index in [1.54, 1.807) is 12.3 Å². The summed E-state index contributed by atoms with van der Waals surface area (Å²) in [5, 5.41) is 3.29. The number of aromatic nitrogens is 2. The fourth-order valence-corrected chi connectivity index (χ4v) is 3.07. The molecule has 1 amide bonds. The number of nitrogens with one attached hydrogen (secondary N) is 2. The van der Waals surface area contributed by atoms with Gasteiger partial charge in [0, 0.05) is 6.07 Å². The van der Waals surface area contributed by atoms with Crippen molar-refractivity contribution < 1.29 is 13.9 Å². The molecule has 126 valence electrons. The maximum absolute atomic E-state index is 12.2. The summed E-state index contributed by atoms with van der Waals surface area (Å²) >= 11 is 1.38. The van der Waals surface area contributed by atoms with E-state index in [0.717, 1.165) is 22.5 Å². The highest BCUT2D eigenvalue weighted by Crippen LogP contribution is 2.26. The Bertz CT molecular complexity index is 814. The first kappa shape index (κ1) is 16.4. The number of nitrogens with zero attached hydrogens (tertiary/aromatic N) is 1. The third-order valence-corrected chi connectivity index (χ3v) is 4.40. The normalized spacial score (nSPS) is 12.2. The van der Waals surface area contributed by atoms with Gasteiger partial charge in [-0.2, -0.15) is 0 Å². The molecule has 0 fully saturated rings. The number of furan rings is 1. The molecule has 1 aromatic carbocycles. The summed E-state index contributed by atoms with van der Waals surface area (Å²) in [6, 6.07) is 9.33. The van der Waals surface area contributed by atoms with E-state index in [1.165, 1.54) is 11.8 Å². The number of aromatic amines is 1. The van der Waals surface area contributed by atoms with E-state index >= 15 is 0 Å². The van der Waals surface area contributed by atoms with Crippen LogP contribution in [0.4, 0.5) is 0 Å². The fraction of sp³-hybridized carbons (Fsp3) is 0.294. The number of rotatable bonds is 7. The lowest BCUT2D eigenvalue weighted by Gasteiger charge is -2.09. The van der Waals surface area contributed by atoms with E-state index in [4.69, 9.17) is 9.15 Å². The van der Waals surface area contributed by atoms with Gasteiger partial charge in [-0.25, -0.2) is 4.98 Å². The molecule has 0 radical (unpaired) electrons. The van der Waals surface area contributed by atoms with Gasteiger partial charge in [0.15, 0.2) is 5.16 Å². The maximum atomic E-state index is 12.2. The van der Waals surface area contributed by atoms with Gasteiger partial charge < -0.3 is 19.5 Å². The van der Waals surface area contributed by atoms with Gasteiger partial charge in [0.05, 0.1) is 35.7 Å². The Morgan fingerprint density at radius 1 is 1.46 bits per heavy atom. The second-order valence-corrected chi connectivity index (χ2v) is 6.54. The monoisotopic (exact) mass is 345 g/mol. The predicted octanol–water partition coefficient (Wildman–Crippen LogP) is 3.35. The highest BCUT2D eigenvalue weighted by atomic mass is 32.2. The number of imidazole rings is 1. The molecule has 2 N–H and O–H groups in total. The van der Waals surface area contributed by atoms with Gasteiger partial charge in [0.2, 0.25) is 5.91 Å². The first-order valence-electron chi connectivity index (χ1n) is 7.75. The highest BCUT2D eigenvalue weighted by Gasteiger charge is 2.16. The Labute approximate surface area is 144 Å². The third-order valence-electron chi connectivity index (χ3n) is 3.42. The van der Waals surface area contributed by atoms with E-state index in [0.29, 0.717) is 18.3 Å². The molecule has 0 aliphatic rings. The summed E-state index contributed by atoms with van der Waals surface area (Å²) in [6.07, 6.45) is 1.59. The lowest BCUT2D eigenvalue weighted by atomic mass is 10.3. The summed E-state index contributed by atoms with van der Waals surface area (Å²) in [6.45, 7) is 4.80. The van der Waals surface area contributed by atoms with E-state index in [9.17, 15) is 4.79 Å². The molecular weight excluding hydrogens is 326 g/mol. The van der Waals surface area contributed by atoms with Crippen LogP contribution in [0, 0.1) is 0 Å². The van der Waals surface area contributed by atoms with Gasteiger partial charge in [-0.05, 0) is 38.1 Å². The zero-order chi connectivity index (χ0) is 16.9. The molecule has 1 atom stereocenters. The second kappa shape index (κ2) is 7.44. The molecule has 3 rings (SSSR count). The molecule has 24 heavy (non-hydrogen) atoms.